The van der Waals surface area contributed by atoms with Crippen LogP contribution in [0.2, 0.25) is 0 Å². The number of hydrogen-bond acceptors (Lipinski definition) is 2. The number of nitrogens with one attached hydrogen (secondary N) is 1. The Hall–Kier alpha value is -2.69. The Morgan fingerprint density at radius 3 is 2.31 bits per heavy atom. The third kappa shape index (κ3) is 5.15. The summed E-state index contributed by atoms with van der Waals surface area (Å²) in [5.41, 5.74) is 1.35. The Morgan fingerprint density at radius 2 is 1.69 bits per heavy atom. The fourth-order valence-corrected chi connectivity index (χ4v) is 2.86. The average Bonchev–Trinajstić information content (AvgIpc) is 2.66. The Labute approximate surface area is 154 Å². The molecule has 2 rings (SSSR count). The van der Waals surface area contributed by atoms with Gasteiger partial charge in [-0.3, -0.25) is 9.59 Å². The summed E-state index contributed by atoms with van der Waals surface area (Å²) in [6, 6.07) is 15.2. The molecule has 0 bridgehead atoms. The van der Waals surface area contributed by atoms with Crippen LogP contribution in [0.3, 0.4) is 0 Å². The molecule has 0 heterocycles. The number of benzene rings is 2. The molecule has 0 aliphatic heterocycles. The van der Waals surface area contributed by atoms with E-state index in [0.717, 1.165) is 5.56 Å². The van der Waals surface area contributed by atoms with Gasteiger partial charge in [-0.1, -0.05) is 55.5 Å². The van der Waals surface area contributed by atoms with Gasteiger partial charge in [0.25, 0.3) is 0 Å². The van der Waals surface area contributed by atoms with Crippen molar-refractivity contribution in [2.45, 2.75) is 39.3 Å². The lowest BCUT2D eigenvalue weighted by Gasteiger charge is -2.31. The van der Waals surface area contributed by atoms with Crippen molar-refractivity contribution in [3.63, 3.8) is 0 Å². The first kappa shape index (κ1) is 19.6. The molecular formula is C21H25FN2O2. The lowest BCUT2D eigenvalue weighted by Crippen LogP contribution is -2.50. The van der Waals surface area contributed by atoms with E-state index in [1.54, 1.807) is 25.1 Å². The van der Waals surface area contributed by atoms with Gasteiger partial charge in [-0.2, -0.15) is 0 Å². The number of nitrogens with zero attached hydrogens (tertiary/aromatic N) is 1. The van der Waals surface area contributed by atoms with E-state index in [4.69, 9.17) is 0 Å². The second-order valence-corrected chi connectivity index (χ2v) is 6.07. The van der Waals surface area contributed by atoms with Crippen LogP contribution in [0.25, 0.3) is 0 Å². The molecule has 1 atom stereocenters. The van der Waals surface area contributed by atoms with E-state index >= 15 is 0 Å². The molecule has 1 unspecified atom stereocenters. The molecule has 0 aromatic heterocycles. The van der Waals surface area contributed by atoms with Gasteiger partial charge in [0.1, 0.15) is 11.9 Å². The predicted octanol–water partition coefficient (Wildman–Crippen LogP) is 3.31. The molecule has 2 aromatic rings. The quantitative estimate of drug-likeness (QED) is 0.789. The minimum atomic E-state index is -0.690. The molecule has 0 spiro atoms. The van der Waals surface area contributed by atoms with Crippen LogP contribution in [0.5, 0.6) is 0 Å². The van der Waals surface area contributed by atoms with Gasteiger partial charge >= 0.3 is 0 Å². The summed E-state index contributed by atoms with van der Waals surface area (Å²) in [6.45, 7) is 4.11. The molecule has 26 heavy (non-hydrogen) atoms. The number of hydrogen-bond donors (Lipinski definition) is 1. The van der Waals surface area contributed by atoms with Gasteiger partial charge in [-0.15, -0.1) is 0 Å². The van der Waals surface area contributed by atoms with Gasteiger partial charge in [0, 0.05) is 31.5 Å². The number of amides is 2. The van der Waals surface area contributed by atoms with Crippen molar-refractivity contribution >= 4 is 11.8 Å². The van der Waals surface area contributed by atoms with Crippen LogP contribution in [-0.4, -0.2) is 29.3 Å². The molecule has 0 saturated heterocycles. The highest BCUT2D eigenvalue weighted by Gasteiger charge is 2.29. The van der Waals surface area contributed by atoms with Crippen LogP contribution in [0.4, 0.5) is 4.39 Å². The second-order valence-electron chi connectivity index (χ2n) is 6.07. The zero-order valence-electron chi connectivity index (χ0n) is 15.2. The van der Waals surface area contributed by atoms with Crippen LogP contribution in [0, 0.1) is 5.82 Å². The molecule has 1 N–H and O–H groups in total. The molecule has 138 valence electrons. The third-order valence-corrected chi connectivity index (χ3v) is 4.22. The second kappa shape index (κ2) is 9.70. The Kier molecular flexibility index (Phi) is 7.33. The monoisotopic (exact) mass is 356 g/mol. The van der Waals surface area contributed by atoms with Gasteiger partial charge in [-0.05, 0) is 18.6 Å². The first-order valence-electron chi connectivity index (χ1n) is 8.91. The van der Waals surface area contributed by atoms with Crippen LogP contribution in [0.1, 0.15) is 31.4 Å². The highest BCUT2D eigenvalue weighted by Crippen LogP contribution is 2.17. The van der Waals surface area contributed by atoms with E-state index < -0.39 is 6.04 Å². The molecule has 2 aromatic carbocycles. The SMILES string of the molecule is CCNC(=O)C(Cc1ccccc1)N(Cc1ccccc1F)C(=O)CC. The maximum Gasteiger partial charge on any atom is 0.243 e. The molecule has 0 fully saturated rings. The number of likely N-dealkylation sites (N-methyl/N-ethyl adjacent to an activating group) is 1. The molecule has 2 amide bonds. The van der Waals surface area contributed by atoms with E-state index in [1.807, 2.05) is 37.3 Å². The Bertz CT molecular complexity index is 734. The van der Waals surface area contributed by atoms with Gasteiger partial charge in [-0.25, -0.2) is 4.39 Å². The number of carbonyl (C=O) groups excluding carboxylic acids is 2. The summed E-state index contributed by atoms with van der Waals surface area (Å²) in [7, 11) is 0. The van der Waals surface area contributed by atoms with Gasteiger partial charge < -0.3 is 10.2 Å². The molecule has 0 aliphatic carbocycles. The van der Waals surface area contributed by atoms with Gasteiger partial charge in [0.05, 0.1) is 0 Å². The fraction of sp³-hybridized carbons (Fsp3) is 0.333. The van der Waals surface area contributed by atoms with Gasteiger partial charge in [0.2, 0.25) is 11.8 Å². The first-order chi connectivity index (χ1) is 12.6. The molecule has 0 radical (unpaired) electrons. The van der Waals surface area contributed by atoms with E-state index in [9.17, 15) is 14.0 Å². The van der Waals surface area contributed by atoms with Crippen molar-refractivity contribution in [1.82, 2.24) is 10.2 Å². The van der Waals surface area contributed by atoms with Gasteiger partial charge in [0.15, 0.2) is 0 Å². The van der Waals surface area contributed by atoms with E-state index in [0.29, 0.717) is 18.5 Å². The number of carbonyl (C=O) groups is 2. The highest BCUT2D eigenvalue weighted by atomic mass is 19.1. The minimum Gasteiger partial charge on any atom is -0.355 e. The van der Waals surface area contributed by atoms with E-state index in [-0.39, 0.29) is 30.6 Å². The average molecular weight is 356 g/mol. The summed E-state index contributed by atoms with van der Waals surface area (Å²) in [4.78, 5) is 26.8. The smallest absolute Gasteiger partial charge is 0.243 e. The van der Waals surface area contributed by atoms with Crippen molar-refractivity contribution < 1.29 is 14.0 Å². The fourth-order valence-electron chi connectivity index (χ4n) is 2.86. The molecule has 0 saturated carbocycles. The largest absolute Gasteiger partial charge is 0.355 e. The topological polar surface area (TPSA) is 49.4 Å². The molecule has 5 heteroatoms. The maximum absolute atomic E-state index is 14.1. The maximum atomic E-state index is 14.1. The zero-order chi connectivity index (χ0) is 18.9. The van der Waals surface area contributed by atoms with Crippen LogP contribution in [0.15, 0.2) is 54.6 Å². The summed E-state index contributed by atoms with van der Waals surface area (Å²) >= 11 is 0. The van der Waals surface area contributed by atoms with Crippen molar-refractivity contribution in [3.8, 4) is 0 Å². The van der Waals surface area contributed by atoms with Crippen LogP contribution >= 0.6 is 0 Å². The van der Waals surface area contributed by atoms with Crippen molar-refractivity contribution in [3.05, 3.63) is 71.5 Å². The summed E-state index contributed by atoms with van der Waals surface area (Å²) in [5.74, 6) is -0.786. The van der Waals surface area contributed by atoms with E-state index in [1.165, 1.54) is 11.0 Å². The third-order valence-electron chi connectivity index (χ3n) is 4.22. The number of halogens is 1. The summed E-state index contributed by atoms with van der Waals surface area (Å²) < 4.78 is 14.1. The molecule has 0 aliphatic rings. The van der Waals surface area contributed by atoms with Crippen LogP contribution < -0.4 is 5.32 Å². The minimum absolute atomic E-state index is 0.0635. The lowest BCUT2D eigenvalue weighted by atomic mass is 10.0. The summed E-state index contributed by atoms with van der Waals surface area (Å²) in [5, 5.41) is 2.80. The van der Waals surface area contributed by atoms with Crippen molar-refractivity contribution in [1.29, 1.82) is 0 Å². The van der Waals surface area contributed by atoms with E-state index in [2.05, 4.69) is 5.32 Å². The molecule has 4 nitrogen and oxygen atoms in total. The highest BCUT2D eigenvalue weighted by molar-refractivity contribution is 5.87. The van der Waals surface area contributed by atoms with Crippen molar-refractivity contribution in [2.75, 3.05) is 6.54 Å². The first-order valence-corrected chi connectivity index (χ1v) is 8.91. The predicted molar refractivity (Wildman–Crippen MR) is 99.9 cm³/mol. The molecular weight excluding hydrogens is 331 g/mol. The Morgan fingerprint density at radius 1 is 1.04 bits per heavy atom. The van der Waals surface area contributed by atoms with Crippen LogP contribution in [-0.2, 0) is 22.6 Å². The number of rotatable bonds is 8. The normalized spacial score (nSPS) is 11.7. The lowest BCUT2D eigenvalue weighted by molar-refractivity contribution is -0.141. The summed E-state index contributed by atoms with van der Waals surface area (Å²) in [6.07, 6.45) is 0.631. The zero-order valence-corrected chi connectivity index (χ0v) is 15.2. The van der Waals surface area contributed by atoms with Crippen molar-refractivity contribution in [2.24, 2.45) is 0 Å². The Balaban J connectivity index is 2.35. The standard InChI is InChI=1S/C21H25FN2O2/c1-3-20(25)24(15-17-12-8-9-13-18(17)22)19(21(26)23-4-2)14-16-10-6-5-7-11-16/h5-13,19H,3-4,14-15H2,1-2H3,(H,23,26).